The van der Waals surface area contributed by atoms with Gasteiger partial charge >= 0.3 is 0 Å². The second-order valence-corrected chi connectivity index (χ2v) is 4.94. The van der Waals surface area contributed by atoms with Gasteiger partial charge in [-0.2, -0.15) is 4.98 Å². The van der Waals surface area contributed by atoms with Crippen LogP contribution in [0.5, 0.6) is 0 Å². The summed E-state index contributed by atoms with van der Waals surface area (Å²) in [5, 5.41) is 6.62. The van der Waals surface area contributed by atoms with Crippen molar-refractivity contribution < 1.29 is 18.4 Å². The average Bonchev–Trinajstić information content (AvgIpc) is 2.95. The number of rotatable bonds is 7. The van der Waals surface area contributed by atoms with E-state index in [9.17, 15) is 9.18 Å². The van der Waals surface area contributed by atoms with Crippen molar-refractivity contribution in [1.82, 2.24) is 15.5 Å². The fourth-order valence-electron chi connectivity index (χ4n) is 1.93. The lowest BCUT2D eigenvalue weighted by atomic mass is 10.2. The van der Waals surface area contributed by atoms with Gasteiger partial charge in [-0.3, -0.25) is 4.79 Å². The molecule has 0 saturated heterocycles. The van der Waals surface area contributed by atoms with Gasteiger partial charge in [-0.1, -0.05) is 5.16 Å². The van der Waals surface area contributed by atoms with Gasteiger partial charge in [-0.15, -0.1) is 0 Å². The highest BCUT2D eigenvalue weighted by Gasteiger charge is 2.12. The van der Waals surface area contributed by atoms with Gasteiger partial charge < -0.3 is 14.6 Å². The molecule has 0 fully saturated rings. The lowest BCUT2D eigenvalue weighted by molar-refractivity contribution is -0.122. The number of ether oxygens (including phenoxy) is 1. The van der Waals surface area contributed by atoms with E-state index in [4.69, 9.17) is 9.26 Å². The first-order valence-corrected chi connectivity index (χ1v) is 6.95. The number of halogens is 1. The van der Waals surface area contributed by atoms with Crippen LogP contribution in [0.15, 0.2) is 28.8 Å². The molecule has 7 heteroatoms. The molecule has 0 unspecified atom stereocenters. The summed E-state index contributed by atoms with van der Waals surface area (Å²) in [5.41, 5.74) is 0.662. The van der Waals surface area contributed by atoms with Gasteiger partial charge in [0.25, 0.3) is 0 Å². The molecule has 22 heavy (non-hydrogen) atoms. The molecule has 1 N–H and O–H groups in total. The van der Waals surface area contributed by atoms with Gasteiger partial charge in [-0.25, -0.2) is 4.39 Å². The highest BCUT2D eigenvalue weighted by Crippen LogP contribution is 2.16. The predicted molar refractivity (Wildman–Crippen MR) is 77.5 cm³/mol. The molecule has 118 valence electrons. The Morgan fingerprint density at radius 2 is 2.14 bits per heavy atom. The van der Waals surface area contributed by atoms with E-state index in [1.54, 1.807) is 19.2 Å². The Kier molecular flexibility index (Phi) is 5.60. The summed E-state index contributed by atoms with van der Waals surface area (Å²) in [6.07, 6.45) is 0.596. The molecule has 0 aliphatic carbocycles. The molecule has 0 aliphatic heterocycles. The molecule has 1 amide bonds. The summed E-state index contributed by atoms with van der Waals surface area (Å²) >= 11 is 0. The minimum atomic E-state index is -0.325. The SMILES string of the molecule is COC[C@@H](C)NC(=O)CCc1nc(-c2ccc(F)cc2)no1. The van der Waals surface area contributed by atoms with Crippen molar-refractivity contribution in [3.05, 3.63) is 36.0 Å². The summed E-state index contributed by atoms with van der Waals surface area (Å²) in [7, 11) is 1.58. The van der Waals surface area contributed by atoms with Crippen LogP contribution in [-0.2, 0) is 16.0 Å². The van der Waals surface area contributed by atoms with Crippen molar-refractivity contribution in [2.75, 3.05) is 13.7 Å². The molecular weight excluding hydrogens is 289 g/mol. The summed E-state index contributed by atoms with van der Waals surface area (Å²) in [5.74, 6) is 0.317. The Bertz CT molecular complexity index is 613. The van der Waals surface area contributed by atoms with Crippen LogP contribution in [0.3, 0.4) is 0 Å². The normalized spacial score (nSPS) is 12.1. The average molecular weight is 307 g/mol. The smallest absolute Gasteiger partial charge is 0.227 e. The topological polar surface area (TPSA) is 77.2 Å². The molecule has 0 aliphatic rings. The number of hydrogen-bond donors (Lipinski definition) is 1. The van der Waals surface area contributed by atoms with Gasteiger partial charge in [0.1, 0.15) is 5.82 Å². The number of nitrogens with zero attached hydrogens (tertiary/aromatic N) is 2. The lowest BCUT2D eigenvalue weighted by Crippen LogP contribution is -2.35. The summed E-state index contributed by atoms with van der Waals surface area (Å²) in [6, 6.07) is 5.76. The van der Waals surface area contributed by atoms with E-state index in [1.165, 1.54) is 12.1 Å². The Labute approximate surface area is 127 Å². The van der Waals surface area contributed by atoms with Crippen LogP contribution >= 0.6 is 0 Å². The summed E-state index contributed by atoms with van der Waals surface area (Å²) in [4.78, 5) is 15.9. The van der Waals surface area contributed by atoms with Crippen molar-refractivity contribution in [3.63, 3.8) is 0 Å². The van der Waals surface area contributed by atoms with Gasteiger partial charge in [0, 0.05) is 31.6 Å². The van der Waals surface area contributed by atoms with Crippen LogP contribution in [-0.4, -0.2) is 35.8 Å². The molecule has 2 aromatic rings. The largest absolute Gasteiger partial charge is 0.383 e. The zero-order valence-corrected chi connectivity index (χ0v) is 12.5. The molecule has 1 atom stereocenters. The molecule has 1 heterocycles. The summed E-state index contributed by atoms with van der Waals surface area (Å²) in [6.45, 7) is 2.32. The first-order chi connectivity index (χ1) is 10.6. The first-order valence-electron chi connectivity index (χ1n) is 6.95. The molecule has 0 radical (unpaired) electrons. The van der Waals surface area contributed by atoms with E-state index in [0.29, 0.717) is 30.3 Å². The van der Waals surface area contributed by atoms with Gasteiger partial charge in [0.2, 0.25) is 17.6 Å². The Hall–Kier alpha value is -2.28. The van der Waals surface area contributed by atoms with E-state index in [-0.39, 0.29) is 24.2 Å². The first kappa shape index (κ1) is 16.1. The molecule has 1 aromatic heterocycles. The molecule has 6 nitrogen and oxygen atoms in total. The Morgan fingerprint density at radius 1 is 1.41 bits per heavy atom. The maximum Gasteiger partial charge on any atom is 0.227 e. The Balaban J connectivity index is 1.87. The van der Waals surface area contributed by atoms with Gasteiger partial charge in [0.15, 0.2) is 0 Å². The third kappa shape index (κ3) is 4.63. The fourth-order valence-corrected chi connectivity index (χ4v) is 1.93. The zero-order valence-electron chi connectivity index (χ0n) is 12.5. The van der Waals surface area contributed by atoms with Crippen LogP contribution in [0, 0.1) is 5.82 Å². The number of amides is 1. The minimum Gasteiger partial charge on any atom is -0.383 e. The second kappa shape index (κ2) is 7.65. The molecule has 1 aromatic carbocycles. The third-order valence-corrected chi connectivity index (χ3v) is 2.96. The van der Waals surface area contributed by atoms with E-state index >= 15 is 0 Å². The van der Waals surface area contributed by atoms with E-state index in [1.807, 2.05) is 6.92 Å². The van der Waals surface area contributed by atoms with Crippen molar-refractivity contribution in [3.8, 4) is 11.4 Å². The number of aromatic nitrogens is 2. The van der Waals surface area contributed by atoms with Crippen LogP contribution in [0.1, 0.15) is 19.2 Å². The molecule has 0 saturated carbocycles. The maximum absolute atomic E-state index is 12.9. The third-order valence-electron chi connectivity index (χ3n) is 2.96. The molecule has 0 spiro atoms. The van der Waals surface area contributed by atoms with Crippen LogP contribution < -0.4 is 5.32 Å². The van der Waals surface area contributed by atoms with Gasteiger partial charge in [0.05, 0.1) is 6.61 Å². The number of benzene rings is 1. The van der Waals surface area contributed by atoms with E-state index in [2.05, 4.69) is 15.5 Å². The Morgan fingerprint density at radius 3 is 2.82 bits per heavy atom. The zero-order chi connectivity index (χ0) is 15.9. The van der Waals surface area contributed by atoms with Crippen LogP contribution in [0.4, 0.5) is 4.39 Å². The predicted octanol–water partition coefficient (Wildman–Crippen LogP) is 1.96. The minimum absolute atomic E-state index is 0.0463. The van der Waals surface area contributed by atoms with Crippen molar-refractivity contribution in [2.45, 2.75) is 25.8 Å². The highest BCUT2D eigenvalue weighted by molar-refractivity contribution is 5.76. The fraction of sp³-hybridized carbons (Fsp3) is 0.400. The van der Waals surface area contributed by atoms with Crippen LogP contribution in [0.25, 0.3) is 11.4 Å². The number of aryl methyl sites for hydroxylation is 1. The van der Waals surface area contributed by atoms with E-state index < -0.39 is 0 Å². The quantitative estimate of drug-likeness (QED) is 0.846. The maximum atomic E-state index is 12.9. The highest BCUT2D eigenvalue weighted by atomic mass is 19.1. The lowest BCUT2D eigenvalue weighted by Gasteiger charge is -2.11. The number of hydrogen-bond acceptors (Lipinski definition) is 5. The molecule has 0 bridgehead atoms. The number of nitrogens with one attached hydrogen (secondary N) is 1. The number of carbonyl (C=O) groups excluding carboxylic acids is 1. The standard InChI is InChI=1S/C15H18FN3O3/c1-10(9-21-2)17-13(20)7-8-14-18-15(19-22-14)11-3-5-12(16)6-4-11/h3-6,10H,7-9H2,1-2H3,(H,17,20)/t10-/m1/s1. The molecular formula is C15H18FN3O3. The number of carbonyl (C=O) groups is 1. The second-order valence-electron chi connectivity index (χ2n) is 4.94. The van der Waals surface area contributed by atoms with Crippen LogP contribution in [0.2, 0.25) is 0 Å². The van der Waals surface area contributed by atoms with E-state index in [0.717, 1.165) is 0 Å². The molecule has 2 rings (SSSR count). The van der Waals surface area contributed by atoms with Crippen molar-refractivity contribution in [2.24, 2.45) is 0 Å². The monoisotopic (exact) mass is 307 g/mol. The van der Waals surface area contributed by atoms with Crippen molar-refractivity contribution >= 4 is 5.91 Å². The summed E-state index contributed by atoms with van der Waals surface area (Å²) < 4.78 is 22.9. The number of methoxy groups -OCH3 is 1. The van der Waals surface area contributed by atoms with Gasteiger partial charge in [-0.05, 0) is 31.2 Å². The van der Waals surface area contributed by atoms with Crippen molar-refractivity contribution in [1.29, 1.82) is 0 Å².